The molecule has 2 aromatic carbocycles. The Morgan fingerprint density at radius 3 is 2.41 bits per heavy atom. The quantitative estimate of drug-likeness (QED) is 0.475. The SMILES string of the molecule is COc1ccc(S(=O)(=O)N(C)C[C@H]2Oc3c(NS(C)(=O)=O)cccc3C(=O)N([C@@H](C)CO)C[C@H]2C)cc1. The molecule has 0 fully saturated rings. The van der Waals surface area contributed by atoms with Gasteiger partial charge in [-0.3, -0.25) is 9.52 Å². The highest BCUT2D eigenvalue weighted by atomic mass is 32.2. The van der Waals surface area contributed by atoms with Crippen LogP contribution in [0.15, 0.2) is 47.4 Å². The number of amides is 1. The molecular weight excluding hydrogens is 522 g/mol. The molecule has 0 bridgehead atoms. The number of hydrogen-bond donors (Lipinski definition) is 2. The van der Waals surface area contributed by atoms with Crippen molar-refractivity contribution in [2.75, 3.05) is 44.8 Å². The van der Waals surface area contributed by atoms with Crippen LogP contribution in [0.1, 0.15) is 24.2 Å². The maximum absolute atomic E-state index is 13.4. The van der Waals surface area contributed by atoms with Crippen LogP contribution < -0.4 is 14.2 Å². The summed E-state index contributed by atoms with van der Waals surface area (Å²) in [7, 11) is -4.71. The number of ether oxygens (including phenoxy) is 2. The lowest BCUT2D eigenvalue weighted by Crippen LogP contribution is -2.50. The van der Waals surface area contributed by atoms with Gasteiger partial charge in [0, 0.05) is 19.5 Å². The summed E-state index contributed by atoms with van der Waals surface area (Å²) < 4.78 is 65.4. The van der Waals surface area contributed by atoms with Crippen molar-refractivity contribution < 1.29 is 36.2 Å². The van der Waals surface area contributed by atoms with Crippen LogP contribution in [0.2, 0.25) is 0 Å². The standard InChI is InChI=1S/C24H33N3O8S2/c1-16-13-27(17(2)15-28)24(29)20-7-6-8-21(25-36(5,30)31)23(20)35-22(16)14-26(3)37(32,33)19-11-9-18(34-4)10-12-19/h6-12,16-17,22,25,28H,13-15H2,1-5H3/t16-,17+,22-/m1/s1. The lowest BCUT2D eigenvalue weighted by molar-refractivity contribution is 0.0389. The molecule has 3 rings (SSSR count). The number of methoxy groups -OCH3 is 1. The third-order valence-electron chi connectivity index (χ3n) is 6.19. The number of anilines is 1. The van der Waals surface area contributed by atoms with Crippen LogP contribution in [-0.4, -0.2) is 89.3 Å². The van der Waals surface area contributed by atoms with Gasteiger partial charge in [-0.25, -0.2) is 16.8 Å². The van der Waals surface area contributed by atoms with Gasteiger partial charge in [-0.05, 0) is 43.3 Å². The van der Waals surface area contributed by atoms with E-state index < -0.39 is 38.1 Å². The lowest BCUT2D eigenvalue weighted by atomic mass is 9.99. The second kappa shape index (κ2) is 11.3. The number of carbonyl (C=O) groups is 1. The van der Waals surface area contributed by atoms with Gasteiger partial charge in [0.15, 0.2) is 5.75 Å². The van der Waals surface area contributed by atoms with Crippen LogP contribution in [0.3, 0.4) is 0 Å². The summed E-state index contributed by atoms with van der Waals surface area (Å²) in [5.41, 5.74) is 0.163. The second-order valence-corrected chi connectivity index (χ2v) is 12.9. The molecule has 1 aliphatic rings. The summed E-state index contributed by atoms with van der Waals surface area (Å²) in [6.07, 6.45) is 0.216. The van der Waals surface area contributed by atoms with Crippen molar-refractivity contribution in [2.45, 2.75) is 30.9 Å². The molecule has 2 aromatic rings. The average molecular weight is 556 g/mol. The minimum atomic E-state index is -3.90. The van der Waals surface area contributed by atoms with E-state index in [-0.39, 0.29) is 47.5 Å². The van der Waals surface area contributed by atoms with Gasteiger partial charge in [0.25, 0.3) is 5.91 Å². The van der Waals surface area contributed by atoms with Crippen molar-refractivity contribution in [3.8, 4) is 11.5 Å². The largest absolute Gasteiger partial charge is 0.497 e. The summed E-state index contributed by atoms with van der Waals surface area (Å²) in [5.74, 6) is -0.298. The molecule has 0 radical (unpaired) electrons. The van der Waals surface area contributed by atoms with Gasteiger partial charge in [-0.15, -0.1) is 0 Å². The van der Waals surface area contributed by atoms with Crippen LogP contribution in [0.4, 0.5) is 5.69 Å². The van der Waals surface area contributed by atoms with Gasteiger partial charge in [0.2, 0.25) is 20.0 Å². The molecule has 1 aliphatic heterocycles. The Labute approximate surface area is 218 Å². The average Bonchev–Trinajstić information content (AvgIpc) is 2.85. The predicted octanol–water partition coefficient (Wildman–Crippen LogP) is 1.61. The minimum Gasteiger partial charge on any atom is -0.497 e. The van der Waals surface area contributed by atoms with Gasteiger partial charge >= 0.3 is 0 Å². The Morgan fingerprint density at radius 2 is 1.84 bits per heavy atom. The molecule has 2 N–H and O–H groups in total. The minimum absolute atomic E-state index is 0.000129. The van der Waals surface area contributed by atoms with Crippen molar-refractivity contribution >= 4 is 31.6 Å². The highest BCUT2D eigenvalue weighted by molar-refractivity contribution is 7.92. The van der Waals surface area contributed by atoms with Crippen molar-refractivity contribution in [1.29, 1.82) is 0 Å². The fourth-order valence-corrected chi connectivity index (χ4v) is 5.76. The van der Waals surface area contributed by atoms with E-state index >= 15 is 0 Å². The van der Waals surface area contributed by atoms with E-state index in [0.29, 0.717) is 5.75 Å². The second-order valence-electron chi connectivity index (χ2n) is 9.14. The summed E-state index contributed by atoms with van der Waals surface area (Å²) in [6.45, 7) is 3.32. The first-order valence-electron chi connectivity index (χ1n) is 11.6. The van der Waals surface area contributed by atoms with Crippen LogP contribution in [0.5, 0.6) is 11.5 Å². The van der Waals surface area contributed by atoms with Crippen LogP contribution in [0.25, 0.3) is 0 Å². The highest BCUT2D eigenvalue weighted by Gasteiger charge is 2.36. The Morgan fingerprint density at radius 1 is 1.19 bits per heavy atom. The van der Waals surface area contributed by atoms with Gasteiger partial charge in [0.1, 0.15) is 11.9 Å². The number of carbonyl (C=O) groups excluding carboxylic acids is 1. The lowest BCUT2D eigenvalue weighted by Gasteiger charge is -2.38. The molecule has 0 unspecified atom stereocenters. The van der Waals surface area contributed by atoms with Gasteiger partial charge in [-0.2, -0.15) is 4.31 Å². The number of likely N-dealkylation sites (N-methyl/N-ethyl adjacent to an activating group) is 1. The normalized spacial score (nSPS) is 19.4. The van der Waals surface area contributed by atoms with Gasteiger partial charge in [-0.1, -0.05) is 13.0 Å². The van der Waals surface area contributed by atoms with Crippen LogP contribution in [0, 0.1) is 5.92 Å². The van der Waals surface area contributed by atoms with E-state index in [1.54, 1.807) is 26.0 Å². The molecule has 0 saturated carbocycles. The predicted molar refractivity (Wildman–Crippen MR) is 139 cm³/mol. The van der Waals surface area contributed by atoms with Crippen LogP contribution >= 0.6 is 0 Å². The number of benzene rings is 2. The number of para-hydroxylation sites is 1. The van der Waals surface area contributed by atoms with Crippen molar-refractivity contribution in [3.05, 3.63) is 48.0 Å². The maximum Gasteiger partial charge on any atom is 0.258 e. The molecule has 3 atom stereocenters. The number of rotatable bonds is 9. The Bertz CT molecular complexity index is 1330. The third-order valence-corrected chi connectivity index (χ3v) is 8.62. The van der Waals surface area contributed by atoms with Gasteiger partial charge < -0.3 is 19.5 Å². The summed E-state index contributed by atoms with van der Waals surface area (Å²) >= 11 is 0. The number of aliphatic hydroxyl groups is 1. The number of aliphatic hydroxyl groups excluding tert-OH is 1. The van der Waals surface area contributed by atoms with E-state index in [1.165, 1.54) is 49.4 Å². The molecule has 37 heavy (non-hydrogen) atoms. The molecule has 0 aromatic heterocycles. The summed E-state index contributed by atoms with van der Waals surface area (Å²) in [6, 6.07) is 9.95. The van der Waals surface area contributed by atoms with Gasteiger partial charge in [0.05, 0.1) is 48.7 Å². The molecule has 0 aliphatic carbocycles. The molecule has 204 valence electrons. The topological polar surface area (TPSA) is 143 Å². The van der Waals surface area contributed by atoms with Crippen molar-refractivity contribution in [3.63, 3.8) is 0 Å². The molecule has 13 heteroatoms. The van der Waals surface area contributed by atoms with E-state index in [4.69, 9.17) is 9.47 Å². The van der Waals surface area contributed by atoms with Crippen molar-refractivity contribution in [2.24, 2.45) is 5.92 Å². The number of sulfonamides is 2. The third kappa shape index (κ3) is 6.53. The Hall–Kier alpha value is -2.87. The number of hydrogen-bond acceptors (Lipinski definition) is 8. The highest BCUT2D eigenvalue weighted by Crippen LogP contribution is 2.35. The number of fused-ring (bicyclic) bond motifs is 1. The molecular formula is C24H33N3O8S2. The Balaban J connectivity index is 2.03. The first-order chi connectivity index (χ1) is 17.3. The zero-order valence-electron chi connectivity index (χ0n) is 21.4. The first kappa shape index (κ1) is 28.7. The smallest absolute Gasteiger partial charge is 0.258 e. The van der Waals surface area contributed by atoms with E-state index in [2.05, 4.69) is 4.72 Å². The maximum atomic E-state index is 13.4. The number of nitrogens with one attached hydrogen (secondary N) is 1. The number of nitrogens with zero attached hydrogens (tertiary/aromatic N) is 2. The molecule has 11 nitrogen and oxygen atoms in total. The van der Waals surface area contributed by atoms with Crippen LogP contribution in [-0.2, 0) is 20.0 Å². The molecule has 1 heterocycles. The fraction of sp³-hybridized carbons (Fsp3) is 0.458. The molecule has 0 spiro atoms. The summed E-state index contributed by atoms with van der Waals surface area (Å²) in [5, 5.41) is 9.78. The van der Waals surface area contributed by atoms with E-state index in [0.717, 1.165) is 10.6 Å². The zero-order chi connectivity index (χ0) is 27.5. The monoisotopic (exact) mass is 555 g/mol. The fourth-order valence-electron chi connectivity index (χ4n) is 4.02. The Kier molecular flexibility index (Phi) is 8.73. The van der Waals surface area contributed by atoms with E-state index in [1.807, 2.05) is 0 Å². The van der Waals surface area contributed by atoms with Crippen molar-refractivity contribution in [1.82, 2.24) is 9.21 Å². The molecule has 1 amide bonds. The summed E-state index contributed by atoms with van der Waals surface area (Å²) in [4.78, 5) is 15.0. The molecule has 0 saturated heterocycles. The van der Waals surface area contributed by atoms with E-state index in [9.17, 15) is 26.7 Å². The first-order valence-corrected chi connectivity index (χ1v) is 14.9. The zero-order valence-corrected chi connectivity index (χ0v) is 23.0.